The van der Waals surface area contributed by atoms with Crippen LogP contribution in [0.4, 0.5) is 15.8 Å². The van der Waals surface area contributed by atoms with Crippen molar-refractivity contribution < 1.29 is 36.7 Å². The van der Waals surface area contributed by atoms with Crippen molar-refractivity contribution in [3.8, 4) is 17.2 Å². The topological polar surface area (TPSA) is 183 Å². The van der Waals surface area contributed by atoms with E-state index in [0.29, 0.717) is 62.4 Å². The first-order valence-electron chi connectivity index (χ1n) is 22.3. The molecular weight excluding hydrogens is 889 g/mol. The largest absolute Gasteiger partial charge is 0.483 e. The lowest BCUT2D eigenvalue weighted by atomic mass is 9.72. The van der Waals surface area contributed by atoms with E-state index in [2.05, 4.69) is 33.6 Å². The Hall–Kier alpha value is -5.43. The van der Waals surface area contributed by atoms with Crippen molar-refractivity contribution in [1.82, 2.24) is 23.7 Å². The summed E-state index contributed by atoms with van der Waals surface area (Å²) in [7, 11) is -4.53. The number of primary amides is 1. The zero-order chi connectivity index (χ0) is 46.4. The molecule has 3 fully saturated rings. The fourth-order valence-electron chi connectivity index (χ4n) is 9.71. The van der Waals surface area contributed by atoms with Crippen molar-refractivity contribution in [3.63, 3.8) is 0 Å². The number of rotatable bonds is 14. The number of aromatic nitrogens is 2. The lowest BCUT2D eigenvalue weighted by molar-refractivity contribution is -0.386. The van der Waals surface area contributed by atoms with Gasteiger partial charge in [0.1, 0.15) is 47.4 Å². The van der Waals surface area contributed by atoms with Gasteiger partial charge in [0.25, 0.3) is 5.91 Å². The normalized spacial score (nSPS) is 20.2. The Kier molecular flexibility index (Phi) is 12.5. The molecule has 5 heterocycles. The molecule has 66 heavy (non-hydrogen) atoms. The smallest absolute Gasteiger partial charge is 0.332 e. The van der Waals surface area contributed by atoms with Crippen LogP contribution >= 0.6 is 11.6 Å². The van der Waals surface area contributed by atoms with Gasteiger partial charge in [-0.1, -0.05) is 43.2 Å². The van der Waals surface area contributed by atoms with Crippen LogP contribution in [0.25, 0.3) is 16.6 Å². The molecule has 1 amide bonds. The van der Waals surface area contributed by atoms with Crippen molar-refractivity contribution in [2.75, 3.05) is 65.6 Å². The summed E-state index contributed by atoms with van der Waals surface area (Å²) in [5.41, 5.74) is 8.22. The molecule has 0 saturated carbocycles. The number of piperazine rings is 1. The minimum absolute atomic E-state index is 0.0227. The number of quaternary nitrogens is 1. The van der Waals surface area contributed by atoms with Gasteiger partial charge in [-0.05, 0) is 91.1 Å². The number of likely N-dealkylation sites (tertiary alicyclic amines) is 1. The number of carbonyl (C=O) groups is 1. The number of halogens is 2. The van der Waals surface area contributed by atoms with E-state index in [-0.39, 0.29) is 65.0 Å². The quantitative estimate of drug-likeness (QED) is 0.0621. The summed E-state index contributed by atoms with van der Waals surface area (Å²) in [6.07, 6.45) is 6.36. The highest BCUT2D eigenvalue weighted by Gasteiger charge is 2.49. The maximum absolute atomic E-state index is 16.0. The van der Waals surface area contributed by atoms with Gasteiger partial charge in [-0.25, -0.2) is 9.37 Å². The number of alkyl halides is 1. The predicted molar refractivity (Wildman–Crippen MR) is 250 cm³/mol. The third-order valence-corrected chi connectivity index (χ3v) is 16.5. The summed E-state index contributed by atoms with van der Waals surface area (Å²) >= 11 is 6.28. The number of nitro groups is 1. The third-order valence-electron chi connectivity index (χ3n) is 13.9. The molecule has 1 aliphatic carbocycles. The van der Waals surface area contributed by atoms with Crippen LogP contribution in [0.2, 0.25) is 5.02 Å². The average molecular weight is 944 g/mol. The first-order valence-corrected chi connectivity index (χ1v) is 24.1. The van der Waals surface area contributed by atoms with Gasteiger partial charge in [0, 0.05) is 67.5 Å². The van der Waals surface area contributed by atoms with Gasteiger partial charge in [-0.3, -0.25) is 24.7 Å². The van der Waals surface area contributed by atoms with Crippen molar-refractivity contribution in [1.29, 1.82) is 0 Å². The number of aromatic amines is 1. The highest BCUT2D eigenvalue weighted by molar-refractivity contribution is 7.91. The van der Waals surface area contributed by atoms with E-state index in [0.717, 1.165) is 36.3 Å². The number of piperidine rings is 1. The number of pyridine rings is 1. The fraction of sp³-hybridized carbons (Fsp3) is 0.417. The maximum Gasteiger partial charge on any atom is 0.332 e. The monoisotopic (exact) mass is 942 g/mol. The fourth-order valence-corrected chi connectivity index (χ4v) is 11.8. The number of ether oxygens (including phenoxy) is 3. The van der Waals surface area contributed by atoms with E-state index in [4.69, 9.17) is 31.5 Å². The zero-order valence-electron chi connectivity index (χ0n) is 37.0. The van der Waals surface area contributed by atoms with Gasteiger partial charge in [-0.2, -0.15) is 12.3 Å². The summed E-state index contributed by atoms with van der Waals surface area (Å²) in [6, 6.07) is 19.7. The standard InChI is InChI=1S/C48H53ClFN7O8S/c1-47(2)13-11-34(41(26-47)32-3-5-35(49)6-4-32)28-54-19-21-57(22-20-54,37-7-9-40(45(51)58)44(24-37)65-38-23-33-12-16-52-46(33)53-27-38)66(61,62)39-8-10-43(42(25-39)56(59)60)64-31-48(50)14-17-55(18-15-48)36-29-63-30-36/h3-10,12,16,23-25,27,36H,11,13-15,17-22,26,28-31H2,1-2H3,(H2-,51,52,53,58)/p+1. The Morgan fingerprint density at radius 2 is 1.76 bits per heavy atom. The summed E-state index contributed by atoms with van der Waals surface area (Å²) in [4.78, 5) is 36.3. The summed E-state index contributed by atoms with van der Waals surface area (Å²) < 4.78 is 63.7. The molecule has 0 atom stereocenters. The van der Waals surface area contributed by atoms with Crippen molar-refractivity contribution in [2.45, 2.75) is 62.6 Å². The van der Waals surface area contributed by atoms with Crippen molar-refractivity contribution in [2.24, 2.45) is 11.1 Å². The van der Waals surface area contributed by atoms with E-state index in [1.54, 1.807) is 18.3 Å². The molecule has 0 radical (unpaired) electrons. The molecule has 0 unspecified atom stereocenters. The summed E-state index contributed by atoms with van der Waals surface area (Å²) in [5, 5.41) is 14.1. The van der Waals surface area contributed by atoms with Crippen LogP contribution < -0.4 is 19.1 Å². The number of nitro benzene ring substituents is 1. The number of hydrogen-bond acceptors (Lipinski definition) is 11. The number of nitrogens with two attached hydrogens (primary N) is 1. The molecule has 3 N–H and O–H groups in total. The first-order chi connectivity index (χ1) is 31.5. The van der Waals surface area contributed by atoms with Crippen LogP contribution in [-0.4, -0.2) is 116 Å². The molecule has 15 nitrogen and oxygen atoms in total. The molecule has 0 bridgehead atoms. The first kappa shape index (κ1) is 45.7. The van der Waals surface area contributed by atoms with Gasteiger partial charge >= 0.3 is 15.7 Å². The van der Waals surface area contributed by atoms with E-state index in [1.807, 2.05) is 30.3 Å². The van der Waals surface area contributed by atoms with Crippen LogP contribution in [0, 0.1) is 15.5 Å². The molecule has 18 heteroatoms. The van der Waals surface area contributed by atoms with Crippen LogP contribution in [0.15, 0.2) is 95.7 Å². The highest BCUT2D eigenvalue weighted by Crippen LogP contribution is 2.45. The Bertz CT molecular complexity index is 2800. The Labute approximate surface area is 388 Å². The maximum atomic E-state index is 16.0. The number of nitrogens with zero attached hydrogens (tertiary/aromatic N) is 5. The number of sulfonamides is 1. The number of fused-ring (bicyclic) bond motifs is 1. The molecule has 9 rings (SSSR count). The number of hydrogen-bond donors (Lipinski definition) is 2. The van der Waals surface area contributed by atoms with E-state index >= 15 is 12.8 Å². The average Bonchev–Trinajstić information content (AvgIpc) is 3.75. The number of H-pyrrole nitrogens is 1. The lowest BCUT2D eigenvalue weighted by Crippen LogP contribution is -2.63. The number of carbonyl (C=O) groups excluding carboxylic acids is 1. The Morgan fingerprint density at radius 3 is 2.44 bits per heavy atom. The third kappa shape index (κ3) is 9.16. The van der Waals surface area contributed by atoms with Crippen molar-refractivity contribution >= 4 is 55.5 Å². The summed E-state index contributed by atoms with van der Waals surface area (Å²) in [6.45, 7) is 7.78. The number of allylic oxidation sites excluding steroid dienone is 1. The van der Waals surface area contributed by atoms with Gasteiger partial charge in [0.2, 0.25) is 0 Å². The Morgan fingerprint density at radius 1 is 1.02 bits per heavy atom. The molecule has 4 aliphatic rings. The SMILES string of the molecule is CC1(C)CCC(CN2CC[N+](c3ccc(C(N)=O)c(Oc4cnc5[nH]ccc5c4)c3)(S(=O)(=O)c3ccc(OCC4(F)CCN(C5COC5)CC4)c([N+](=O)[O-])c3)CC2)=C(c2ccc(Cl)cc2)C1. The second-order valence-corrected chi connectivity index (χ2v) is 21.4. The number of amides is 1. The minimum atomic E-state index is -4.53. The summed E-state index contributed by atoms with van der Waals surface area (Å²) in [5.74, 6) is -0.693. The minimum Gasteiger partial charge on any atom is -0.483 e. The van der Waals surface area contributed by atoms with Gasteiger partial charge in [0.05, 0.1) is 35.9 Å². The Balaban J connectivity index is 1.05. The number of nitrogens with one attached hydrogen (secondary N) is 1. The number of benzene rings is 3. The molecule has 0 spiro atoms. The van der Waals surface area contributed by atoms with E-state index in [1.165, 1.54) is 41.6 Å². The van der Waals surface area contributed by atoms with Crippen LogP contribution in [-0.2, 0) is 14.8 Å². The molecular formula is C48H54ClFN7O8S+. The molecule has 348 valence electrons. The van der Waals surface area contributed by atoms with Crippen LogP contribution in [0.3, 0.4) is 0 Å². The molecule has 2 aromatic heterocycles. The lowest BCUT2D eigenvalue weighted by Gasteiger charge is -2.43. The predicted octanol–water partition coefficient (Wildman–Crippen LogP) is 8.27. The van der Waals surface area contributed by atoms with E-state index in [9.17, 15) is 14.9 Å². The zero-order valence-corrected chi connectivity index (χ0v) is 38.6. The second kappa shape index (κ2) is 18.0. The van der Waals surface area contributed by atoms with Gasteiger partial charge in [-0.15, -0.1) is 0 Å². The van der Waals surface area contributed by atoms with Gasteiger partial charge < -0.3 is 24.9 Å². The second-order valence-electron chi connectivity index (χ2n) is 18.8. The van der Waals surface area contributed by atoms with Crippen LogP contribution in [0.1, 0.15) is 61.9 Å². The van der Waals surface area contributed by atoms with Gasteiger partial charge in [0.15, 0.2) is 11.4 Å². The molecule has 5 aromatic rings. The van der Waals surface area contributed by atoms with Crippen molar-refractivity contribution in [3.05, 3.63) is 117 Å². The van der Waals surface area contributed by atoms with Crippen LogP contribution in [0.5, 0.6) is 17.2 Å². The molecule has 3 aromatic carbocycles. The van der Waals surface area contributed by atoms with E-state index < -0.39 is 42.7 Å². The highest BCUT2D eigenvalue weighted by atomic mass is 35.5. The molecule has 3 aliphatic heterocycles. The molecule has 3 saturated heterocycles.